The molecule has 0 spiro atoms. The second-order valence-electron chi connectivity index (χ2n) is 10.5. The van der Waals surface area contributed by atoms with Gasteiger partial charge >= 0.3 is 12.1 Å². The van der Waals surface area contributed by atoms with Gasteiger partial charge in [-0.2, -0.15) is 0 Å². The van der Waals surface area contributed by atoms with E-state index in [1.54, 1.807) is 47.1 Å². The van der Waals surface area contributed by atoms with Gasteiger partial charge in [-0.3, -0.25) is 14.5 Å². The lowest BCUT2D eigenvalue weighted by atomic mass is 9.96. The van der Waals surface area contributed by atoms with Crippen LogP contribution in [0.3, 0.4) is 0 Å². The van der Waals surface area contributed by atoms with Crippen molar-refractivity contribution in [2.45, 2.75) is 84.5 Å². The van der Waals surface area contributed by atoms with E-state index in [1.807, 2.05) is 44.2 Å². The highest BCUT2D eigenvalue weighted by atomic mass is 16.6. The lowest BCUT2D eigenvalue weighted by Crippen LogP contribution is -2.52. The molecule has 0 heterocycles. The summed E-state index contributed by atoms with van der Waals surface area (Å²) in [5, 5.41) is 12.8. The minimum Gasteiger partial charge on any atom is -0.496 e. The first-order valence-corrected chi connectivity index (χ1v) is 13.2. The molecule has 0 aliphatic heterocycles. The Kier molecular flexibility index (Phi) is 11.6. The van der Waals surface area contributed by atoms with Crippen LogP contribution in [0.4, 0.5) is 4.79 Å². The van der Waals surface area contributed by atoms with Crippen LogP contribution in [0, 0.1) is 6.92 Å². The number of amides is 2. The SMILES string of the molecule is CCCCC(NC(=O)C(CC(=O)O)N(Cc1ccccc1)C(=O)OC(C)(C)C)c1c(OC)cc(C)cc1OC. The van der Waals surface area contributed by atoms with Gasteiger partial charge in [0.1, 0.15) is 23.1 Å². The maximum Gasteiger partial charge on any atom is 0.411 e. The summed E-state index contributed by atoms with van der Waals surface area (Å²) in [6.07, 6.45) is 0.848. The molecule has 0 bridgehead atoms. The lowest BCUT2D eigenvalue weighted by molar-refractivity contribution is -0.142. The fourth-order valence-corrected chi connectivity index (χ4v) is 4.29. The van der Waals surface area contributed by atoms with Crippen LogP contribution in [0.15, 0.2) is 42.5 Å². The molecule has 214 valence electrons. The van der Waals surface area contributed by atoms with Crippen LogP contribution >= 0.6 is 0 Å². The van der Waals surface area contributed by atoms with Gasteiger partial charge in [-0.15, -0.1) is 0 Å². The van der Waals surface area contributed by atoms with Crippen molar-refractivity contribution in [1.29, 1.82) is 0 Å². The number of aliphatic carboxylic acids is 1. The summed E-state index contributed by atoms with van der Waals surface area (Å²) in [7, 11) is 3.10. The number of methoxy groups -OCH3 is 2. The van der Waals surface area contributed by atoms with Crippen LogP contribution in [-0.4, -0.2) is 53.8 Å². The Balaban J connectivity index is 2.54. The average molecular weight is 543 g/mol. The fourth-order valence-electron chi connectivity index (χ4n) is 4.29. The van der Waals surface area contributed by atoms with E-state index < -0.39 is 42.1 Å². The molecular weight excluding hydrogens is 500 g/mol. The molecule has 2 aromatic carbocycles. The van der Waals surface area contributed by atoms with E-state index >= 15 is 0 Å². The van der Waals surface area contributed by atoms with Crippen LogP contribution in [0.1, 0.15) is 76.1 Å². The molecule has 2 atom stereocenters. The van der Waals surface area contributed by atoms with E-state index in [1.165, 1.54) is 4.90 Å². The second-order valence-corrected chi connectivity index (χ2v) is 10.5. The number of aryl methyl sites for hydroxylation is 1. The van der Waals surface area contributed by atoms with Gasteiger partial charge in [0.15, 0.2) is 0 Å². The Morgan fingerprint density at radius 2 is 1.62 bits per heavy atom. The first kappa shape index (κ1) is 31.5. The van der Waals surface area contributed by atoms with Gasteiger partial charge < -0.3 is 24.6 Å². The Morgan fingerprint density at radius 3 is 2.10 bits per heavy atom. The van der Waals surface area contributed by atoms with Gasteiger partial charge in [-0.25, -0.2) is 4.79 Å². The van der Waals surface area contributed by atoms with Crippen LogP contribution in [0.2, 0.25) is 0 Å². The number of carbonyl (C=O) groups excluding carboxylic acids is 2. The molecule has 39 heavy (non-hydrogen) atoms. The summed E-state index contributed by atoms with van der Waals surface area (Å²) in [6, 6.07) is 10.9. The number of nitrogens with zero attached hydrogens (tertiary/aromatic N) is 1. The zero-order chi connectivity index (χ0) is 29.2. The third-order valence-corrected chi connectivity index (χ3v) is 6.07. The molecule has 0 fully saturated rings. The first-order valence-electron chi connectivity index (χ1n) is 13.2. The van der Waals surface area contributed by atoms with Crippen molar-refractivity contribution in [3.05, 3.63) is 59.2 Å². The summed E-state index contributed by atoms with van der Waals surface area (Å²) in [4.78, 5) is 40.4. The number of benzene rings is 2. The highest BCUT2D eigenvalue weighted by Gasteiger charge is 2.36. The van der Waals surface area contributed by atoms with E-state index in [4.69, 9.17) is 14.2 Å². The smallest absolute Gasteiger partial charge is 0.411 e. The summed E-state index contributed by atoms with van der Waals surface area (Å²) in [6.45, 7) is 9.11. The molecule has 2 rings (SSSR count). The standard InChI is InChI=1S/C30H42N2O7/c1-8-9-15-22(27-24(37-6)16-20(2)17-25(27)38-7)31-28(35)23(18-26(33)34)32(29(36)39-30(3,4)5)19-21-13-11-10-12-14-21/h10-14,16-17,22-23H,8-9,15,18-19H2,1-7H3,(H,31,35)(H,33,34). The van der Waals surface area contributed by atoms with Crippen molar-refractivity contribution in [3.8, 4) is 11.5 Å². The zero-order valence-corrected chi connectivity index (χ0v) is 24.1. The normalized spacial score (nSPS) is 12.7. The minimum absolute atomic E-state index is 0.00206. The molecule has 0 aromatic heterocycles. The Hall–Kier alpha value is -3.75. The number of hydrogen-bond acceptors (Lipinski definition) is 6. The van der Waals surface area contributed by atoms with Crippen LogP contribution in [-0.2, 0) is 20.9 Å². The van der Waals surface area contributed by atoms with Crippen LogP contribution in [0.5, 0.6) is 11.5 Å². The van der Waals surface area contributed by atoms with Gasteiger partial charge in [0.2, 0.25) is 5.91 Å². The average Bonchev–Trinajstić information content (AvgIpc) is 2.87. The quantitative estimate of drug-likeness (QED) is 0.337. The van der Waals surface area contributed by atoms with Crippen LogP contribution in [0.25, 0.3) is 0 Å². The number of unbranched alkanes of at least 4 members (excludes halogenated alkanes) is 1. The van der Waals surface area contributed by atoms with Crippen molar-refractivity contribution in [2.24, 2.45) is 0 Å². The molecule has 0 aliphatic carbocycles. The van der Waals surface area contributed by atoms with E-state index in [0.29, 0.717) is 23.5 Å². The Bertz CT molecular complexity index is 1090. The lowest BCUT2D eigenvalue weighted by Gasteiger charge is -2.33. The molecular formula is C30H42N2O7. The highest BCUT2D eigenvalue weighted by molar-refractivity contribution is 5.89. The van der Waals surface area contributed by atoms with Crippen LogP contribution < -0.4 is 14.8 Å². The number of carbonyl (C=O) groups is 3. The molecule has 2 amide bonds. The van der Waals surface area contributed by atoms with Crippen molar-refractivity contribution >= 4 is 18.0 Å². The predicted molar refractivity (Wildman–Crippen MR) is 149 cm³/mol. The molecule has 0 radical (unpaired) electrons. The van der Waals surface area contributed by atoms with Gasteiger partial charge in [0, 0.05) is 6.54 Å². The van der Waals surface area contributed by atoms with Crippen molar-refractivity contribution < 1.29 is 33.7 Å². The zero-order valence-electron chi connectivity index (χ0n) is 24.1. The third kappa shape index (κ3) is 9.50. The first-order chi connectivity index (χ1) is 18.4. The maximum atomic E-state index is 13.9. The number of rotatable bonds is 13. The summed E-state index contributed by atoms with van der Waals surface area (Å²) in [5.41, 5.74) is 1.47. The van der Waals surface area contributed by atoms with Gasteiger partial charge in [0.25, 0.3) is 0 Å². The van der Waals surface area contributed by atoms with E-state index in [0.717, 1.165) is 24.0 Å². The van der Waals surface area contributed by atoms with Gasteiger partial charge in [0.05, 0.1) is 32.2 Å². The van der Waals surface area contributed by atoms with Gasteiger partial charge in [-0.1, -0.05) is 50.1 Å². The molecule has 0 saturated heterocycles. The number of nitrogens with one attached hydrogen (secondary N) is 1. The fraction of sp³-hybridized carbons (Fsp3) is 0.500. The van der Waals surface area contributed by atoms with E-state index in [-0.39, 0.29) is 6.54 Å². The van der Waals surface area contributed by atoms with E-state index in [9.17, 15) is 19.5 Å². The van der Waals surface area contributed by atoms with Crippen molar-refractivity contribution in [2.75, 3.05) is 14.2 Å². The molecule has 2 N–H and O–H groups in total. The number of hydrogen-bond donors (Lipinski definition) is 2. The second kappa shape index (κ2) is 14.4. The predicted octanol–water partition coefficient (Wildman–Crippen LogP) is 5.64. The number of carboxylic acid groups (broad SMARTS) is 1. The Labute approximate surface area is 231 Å². The molecule has 2 unspecified atom stereocenters. The number of carboxylic acids is 1. The maximum absolute atomic E-state index is 13.9. The highest BCUT2D eigenvalue weighted by Crippen LogP contribution is 2.38. The summed E-state index contributed by atoms with van der Waals surface area (Å²) in [5.74, 6) is -0.718. The molecule has 2 aromatic rings. The van der Waals surface area contributed by atoms with E-state index in [2.05, 4.69) is 5.32 Å². The largest absolute Gasteiger partial charge is 0.496 e. The molecule has 9 heteroatoms. The topological polar surface area (TPSA) is 114 Å². The van der Waals surface area contributed by atoms with Gasteiger partial charge in [-0.05, 0) is 57.4 Å². The molecule has 0 saturated carbocycles. The minimum atomic E-state index is -1.33. The monoisotopic (exact) mass is 542 g/mol. The van der Waals surface area contributed by atoms with Crippen molar-refractivity contribution in [1.82, 2.24) is 10.2 Å². The summed E-state index contributed by atoms with van der Waals surface area (Å²) >= 11 is 0. The number of ether oxygens (including phenoxy) is 3. The summed E-state index contributed by atoms with van der Waals surface area (Å²) < 4.78 is 16.9. The van der Waals surface area contributed by atoms with Crippen molar-refractivity contribution in [3.63, 3.8) is 0 Å². The third-order valence-electron chi connectivity index (χ3n) is 6.07. The molecule has 9 nitrogen and oxygen atoms in total. The Morgan fingerprint density at radius 1 is 1.03 bits per heavy atom. The molecule has 0 aliphatic rings.